The molecule has 0 aliphatic rings. The molecule has 23 heavy (non-hydrogen) atoms. The first-order valence-corrected chi connectivity index (χ1v) is 7.27. The van der Waals surface area contributed by atoms with E-state index in [1.54, 1.807) is 24.3 Å². The molecule has 6 nitrogen and oxygen atoms in total. The molecule has 0 radical (unpaired) electrons. The molecule has 2 aromatic carbocycles. The fourth-order valence-corrected chi connectivity index (χ4v) is 1.86. The molecule has 0 fully saturated rings. The van der Waals surface area contributed by atoms with Gasteiger partial charge in [0.1, 0.15) is 0 Å². The van der Waals surface area contributed by atoms with Crippen molar-refractivity contribution in [2.24, 2.45) is 10.2 Å². The van der Waals surface area contributed by atoms with Crippen LogP contribution in [0.1, 0.15) is 17.3 Å². The van der Waals surface area contributed by atoms with E-state index >= 15 is 0 Å². The normalized spacial score (nSPS) is 13.7. The van der Waals surface area contributed by atoms with Gasteiger partial charge in [-0.25, -0.2) is 0 Å². The number of amides is 1. The average Bonchev–Trinajstić information content (AvgIpc) is 2.58. The lowest BCUT2D eigenvalue weighted by molar-refractivity contribution is 0.0758. The van der Waals surface area contributed by atoms with Crippen molar-refractivity contribution < 1.29 is 15.0 Å². The molecule has 3 N–H and O–H groups in total. The second kappa shape index (κ2) is 8.17. The number of nitrogens with zero attached hydrogens (tertiary/aromatic N) is 2. The van der Waals surface area contributed by atoms with E-state index in [9.17, 15) is 9.90 Å². The third kappa shape index (κ3) is 4.98. The fourth-order valence-electron chi connectivity index (χ4n) is 1.86. The van der Waals surface area contributed by atoms with Crippen LogP contribution in [0.5, 0.6) is 0 Å². The second-order valence-electron chi connectivity index (χ2n) is 5.09. The third-order valence-corrected chi connectivity index (χ3v) is 3.26. The Labute approximate surface area is 134 Å². The van der Waals surface area contributed by atoms with Gasteiger partial charge >= 0.3 is 0 Å². The molecule has 0 heterocycles. The van der Waals surface area contributed by atoms with Crippen molar-refractivity contribution in [1.82, 2.24) is 5.32 Å². The molecule has 0 saturated heterocycles. The summed E-state index contributed by atoms with van der Waals surface area (Å²) in [5.41, 5.74) is 1.79. The van der Waals surface area contributed by atoms with E-state index in [4.69, 9.17) is 5.11 Å². The van der Waals surface area contributed by atoms with E-state index in [0.29, 0.717) is 11.3 Å². The molecule has 2 atom stereocenters. The first-order chi connectivity index (χ1) is 11.1. The molecular weight excluding hydrogens is 294 g/mol. The molecule has 120 valence electrons. The number of azo groups is 1. The Morgan fingerprint density at radius 2 is 1.61 bits per heavy atom. The number of hydrogen-bond donors (Lipinski definition) is 3. The quantitative estimate of drug-likeness (QED) is 0.715. The van der Waals surface area contributed by atoms with Gasteiger partial charge in [0.2, 0.25) is 0 Å². The number of aliphatic hydroxyl groups excluding tert-OH is 2. The van der Waals surface area contributed by atoms with Gasteiger partial charge in [0.15, 0.2) is 0 Å². The largest absolute Gasteiger partial charge is 0.394 e. The first kappa shape index (κ1) is 16.8. The highest BCUT2D eigenvalue weighted by atomic mass is 16.3. The second-order valence-corrected chi connectivity index (χ2v) is 5.09. The molecule has 0 bridgehead atoms. The third-order valence-electron chi connectivity index (χ3n) is 3.26. The van der Waals surface area contributed by atoms with Crippen LogP contribution in [-0.4, -0.2) is 34.9 Å². The van der Waals surface area contributed by atoms with Gasteiger partial charge in [-0.3, -0.25) is 4.79 Å². The molecule has 1 amide bonds. The lowest BCUT2D eigenvalue weighted by Crippen LogP contribution is -2.44. The van der Waals surface area contributed by atoms with Crippen LogP contribution in [0.4, 0.5) is 11.4 Å². The number of nitrogens with one attached hydrogen (secondary N) is 1. The summed E-state index contributed by atoms with van der Waals surface area (Å²) in [6.45, 7) is 1.18. The first-order valence-electron chi connectivity index (χ1n) is 7.27. The number of carbonyl (C=O) groups is 1. The summed E-state index contributed by atoms with van der Waals surface area (Å²) < 4.78 is 0. The van der Waals surface area contributed by atoms with Crippen molar-refractivity contribution in [3.8, 4) is 0 Å². The van der Waals surface area contributed by atoms with Crippen molar-refractivity contribution in [3.05, 3.63) is 60.2 Å². The molecular formula is C17H19N3O3. The van der Waals surface area contributed by atoms with Crippen LogP contribution in [0.3, 0.4) is 0 Å². The maximum atomic E-state index is 12.0. The van der Waals surface area contributed by atoms with Gasteiger partial charge in [0.25, 0.3) is 5.91 Å². The summed E-state index contributed by atoms with van der Waals surface area (Å²) in [5, 5.41) is 29.3. The van der Waals surface area contributed by atoms with Gasteiger partial charge in [-0.05, 0) is 43.3 Å². The lowest BCUT2D eigenvalue weighted by Gasteiger charge is -2.18. The predicted octanol–water partition coefficient (Wildman–Crippen LogP) is 2.57. The Morgan fingerprint density at radius 1 is 1.04 bits per heavy atom. The van der Waals surface area contributed by atoms with E-state index in [2.05, 4.69) is 15.5 Å². The van der Waals surface area contributed by atoms with Crippen LogP contribution in [0.2, 0.25) is 0 Å². The number of rotatable bonds is 6. The molecule has 6 heteroatoms. The standard InChI is InChI=1S/C17H19N3O3/c1-12(22)16(11-21)18-17(23)13-7-9-15(10-8-13)20-19-14-5-3-2-4-6-14/h2-10,12,16,21-22H,11H2,1H3,(H,18,23)/t12-,16-/m0/s1. The van der Waals surface area contributed by atoms with Crippen LogP contribution in [0.15, 0.2) is 64.8 Å². The van der Waals surface area contributed by atoms with Crippen molar-refractivity contribution in [1.29, 1.82) is 0 Å². The maximum absolute atomic E-state index is 12.0. The van der Waals surface area contributed by atoms with E-state index < -0.39 is 12.1 Å². The van der Waals surface area contributed by atoms with Gasteiger partial charge in [0.05, 0.1) is 30.1 Å². The van der Waals surface area contributed by atoms with Crippen LogP contribution < -0.4 is 5.32 Å². The van der Waals surface area contributed by atoms with Crippen molar-refractivity contribution in [3.63, 3.8) is 0 Å². The molecule has 0 aromatic heterocycles. The number of hydrogen-bond acceptors (Lipinski definition) is 5. The molecule has 2 aromatic rings. The zero-order valence-electron chi connectivity index (χ0n) is 12.8. The minimum Gasteiger partial charge on any atom is -0.394 e. The summed E-state index contributed by atoms with van der Waals surface area (Å²) in [6.07, 6.45) is -0.831. The number of carbonyl (C=O) groups excluding carboxylic acids is 1. The van der Waals surface area contributed by atoms with Gasteiger partial charge in [-0.2, -0.15) is 10.2 Å². The maximum Gasteiger partial charge on any atom is 0.251 e. The number of benzene rings is 2. The van der Waals surface area contributed by atoms with Crippen molar-refractivity contribution in [2.75, 3.05) is 6.61 Å². The highest BCUT2D eigenvalue weighted by molar-refractivity contribution is 5.94. The Bertz CT molecular complexity index is 655. The van der Waals surface area contributed by atoms with Crippen molar-refractivity contribution in [2.45, 2.75) is 19.1 Å². The molecule has 2 rings (SSSR count). The van der Waals surface area contributed by atoms with E-state index in [0.717, 1.165) is 5.69 Å². The van der Waals surface area contributed by atoms with Crippen LogP contribution in [0, 0.1) is 0 Å². The van der Waals surface area contributed by atoms with Gasteiger partial charge in [-0.1, -0.05) is 18.2 Å². The molecule has 0 saturated carbocycles. The monoisotopic (exact) mass is 313 g/mol. The average molecular weight is 313 g/mol. The van der Waals surface area contributed by atoms with E-state index in [1.165, 1.54) is 6.92 Å². The van der Waals surface area contributed by atoms with Gasteiger partial charge in [-0.15, -0.1) is 0 Å². The predicted molar refractivity (Wildman–Crippen MR) is 87.1 cm³/mol. The van der Waals surface area contributed by atoms with Gasteiger partial charge in [0, 0.05) is 5.56 Å². The minimum absolute atomic E-state index is 0.327. The Kier molecular flexibility index (Phi) is 5.96. The van der Waals surface area contributed by atoms with Crippen LogP contribution >= 0.6 is 0 Å². The summed E-state index contributed by atoms with van der Waals surface area (Å²) in [5.74, 6) is -0.364. The zero-order chi connectivity index (χ0) is 16.7. The van der Waals surface area contributed by atoms with Crippen LogP contribution in [-0.2, 0) is 0 Å². The SMILES string of the molecule is C[C@H](O)[C@H](CO)NC(=O)c1ccc(N=Nc2ccccc2)cc1. The topological polar surface area (TPSA) is 94.3 Å². The molecule has 0 aliphatic carbocycles. The minimum atomic E-state index is -0.831. The highest BCUT2D eigenvalue weighted by Crippen LogP contribution is 2.18. The number of aliphatic hydroxyl groups is 2. The Morgan fingerprint density at radius 3 is 2.13 bits per heavy atom. The van der Waals surface area contributed by atoms with Crippen molar-refractivity contribution >= 4 is 17.3 Å². The smallest absolute Gasteiger partial charge is 0.251 e. The zero-order valence-corrected chi connectivity index (χ0v) is 12.8. The summed E-state index contributed by atoms with van der Waals surface area (Å²) in [6, 6.07) is 15.2. The molecule has 0 unspecified atom stereocenters. The molecule has 0 spiro atoms. The van der Waals surface area contributed by atoms with E-state index in [-0.39, 0.29) is 12.5 Å². The van der Waals surface area contributed by atoms with Gasteiger partial charge < -0.3 is 15.5 Å². The van der Waals surface area contributed by atoms with Crippen LogP contribution in [0.25, 0.3) is 0 Å². The Hall–Kier alpha value is -2.57. The summed E-state index contributed by atoms with van der Waals surface area (Å²) in [7, 11) is 0. The molecule has 0 aliphatic heterocycles. The van der Waals surface area contributed by atoms with E-state index in [1.807, 2.05) is 30.3 Å². The fraction of sp³-hybridized carbons (Fsp3) is 0.235. The Balaban J connectivity index is 2.01. The summed E-state index contributed by atoms with van der Waals surface area (Å²) >= 11 is 0. The summed E-state index contributed by atoms with van der Waals surface area (Å²) in [4.78, 5) is 12.0. The highest BCUT2D eigenvalue weighted by Gasteiger charge is 2.17. The lowest BCUT2D eigenvalue weighted by atomic mass is 10.1.